The van der Waals surface area contributed by atoms with Gasteiger partial charge in [0, 0.05) is 0 Å². The summed E-state index contributed by atoms with van der Waals surface area (Å²) in [5.41, 5.74) is 0. The topological polar surface area (TPSA) is 79.2 Å². The normalized spacial score (nSPS) is 29.1. The molecule has 1 saturated heterocycles. The van der Waals surface area contributed by atoms with E-state index in [9.17, 15) is 15.3 Å². The van der Waals surface area contributed by atoms with E-state index in [1.807, 2.05) is 6.08 Å². The van der Waals surface area contributed by atoms with Crippen LogP contribution in [-0.2, 0) is 9.47 Å². The number of aliphatic hydroxyl groups is 3. The Morgan fingerprint density at radius 3 is 2.45 bits per heavy atom. The Morgan fingerprint density at radius 1 is 1.09 bits per heavy atom. The van der Waals surface area contributed by atoms with Crippen molar-refractivity contribution in [3.05, 3.63) is 12.3 Å². The molecule has 22 heavy (non-hydrogen) atoms. The summed E-state index contributed by atoms with van der Waals surface area (Å²) in [4.78, 5) is 0. The Labute approximate surface area is 133 Å². The smallest absolute Gasteiger partial charge is 0.154 e. The Bertz CT molecular complexity index is 293. The molecule has 1 heterocycles. The van der Waals surface area contributed by atoms with Gasteiger partial charge >= 0.3 is 0 Å². The van der Waals surface area contributed by atoms with E-state index < -0.39 is 24.4 Å². The van der Waals surface area contributed by atoms with Crippen molar-refractivity contribution in [2.45, 2.75) is 82.7 Å². The largest absolute Gasteiger partial charge is 0.493 e. The van der Waals surface area contributed by atoms with Crippen LogP contribution in [0.1, 0.15) is 58.3 Å². The summed E-state index contributed by atoms with van der Waals surface area (Å²) >= 11 is 0. The lowest BCUT2D eigenvalue weighted by atomic mass is 10.0. The third-order valence-corrected chi connectivity index (χ3v) is 4.06. The second-order valence-corrected chi connectivity index (χ2v) is 5.99. The van der Waals surface area contributed by atoms with Gasteiger partial charge in [0.1, 0.15) is 18.3 Å². The number of ether oxygens (including phenoxy) is 2. The van der Waals surface area contributed by atoms with Gasteiger partial charge in [-0.15, -0.1) is 0 Å². The monoisotopic (exact) mass is 316 g/mol. The highest BCUT2D eigenvalue weighted by Crippen LogP contribution is 2.19. The van der Waals surface area contributed by atoms with Crippen molar-refractivity contribution >= 4 is 0 Å². The van der Waals surface area contributed by atoms with Crippen LogP contribution in [0.3, 0.4) is 0 Å². The predicted octanol–water partition coefficient (Wildman–Crippen LogP) is 2.14. The molecular formula is C17H32O5. The van der Waals surface area contributed by atoms with Crippen molar-refractivity contribution in [1.29, 1.82) is 0 Å². The first-order valence-electron chi connectivity index (χ1n) is 8.59. The highest BCUT2D eigenvalue weighted by atomic mass is 16.6. The van der Waals surface area contributed by atoms with Gasteiger partial charge in [0.2, 0.25) is 0 Å². The first kappa shape index (κ1) is 19.4. The molecule has 4 atom stereocenters. The lowest BCUT2D eigenvalue weighted by Crippen LogP contribution is -2.54. The molecule has 0 radical (unpaired) electrons. The van der Waals surface area contributed by atoms with Gasteiger partial charge in [0.25, 0.3) is 0 Å². The van der Waals surface area contributed by atoms with Gasteiger partial charge in [0.05, 0.1) is 19.5 Å². The lowest BCUT2D eigenvalue weighted by Gasteiger charge is -2.36. The summed E-state index contributed by atoms with van der Waals surface area (Å²) in [6.07, 6.45) is 9.98. The highest BCUT2D eigenvalue weighted by molar-refractivity contribution is 4.89. The van der Waals surface area contributed by atoms with E-state index in [0.717, 1.165) is 12.8 Å². The fourth-order valence-corrected chi connectivity index (χ4v) is 2.61. The molecule has 0 aromatic heterocycles. The molecule has 5 nitrogen and oxygen atoms in total. The van der Waals surface area contributed by atoms with E-state index in [0.29, 0.717) is 0 Å². The fourth-order valence-electron chi connectivity index (χ4n) is 2.61. The summed E-state index contributed by atoms with van der Waals surface area (Å²) in [7, 11) is 0. The van der Waals surface area contributed by atoms with Crippen molar-refractivity contribution in [2.75, 3.05) is 13.2 Å². The van der Waals surface area contributed by atoms with E-state index in [2.05, 4.69) is 6.92 Å². The van der Waals surface area contributed by atoms with Crippen LogP contribution in [0.25, 0.3) is 0 Å². The number of unbranched alkanes of at least 4 members (excludes halogenated alkanes) is 7. The zero-order chi connectivity index (χ0) is 16.2. The zero-order valence-electron chi connectivity index (χ0n) is 13.7. The number of hydrogen-bond acceptors (Lipinski definition) is 5. The molecule has 130 valence electrons. The molecule has 1 fully saturated rings. The van der Waals surface area contributed by atoms with Crippen molar-refractivity contribution in [3.63, 3.8) is 0 Å². The Kier molecular flexibility index (Phi) is 10.5. The first-order valence-corrected chi connectivity index (χ1v) is 8.59. The molecule has 1 rings (SSSR count). The Hall–Kier alpha value is -0.620. The molecule has 0 spiro atoms. The van der Waals surface area contributed by atoms with Crippen molar-refractivity contribution in [2.24, 2.45) is 0 Å². The van der Waals surface area contributed by atoms with Crippen LogP contribution in [0.4, 0.5) is 0 Å². The van der Waals surface area contributed by atoms with E-state index in [1.54, 1.807) is 6.26 Å². The van der Waals surface area contributed by atoms with Crippen LogP contribution < -0.4 is 0 Å². The van der Waals surface area contributed by atoms with Gasteiger partial charge < -0.3 is 24.8 Å². The Morgan fingerprint density at radius 2 is 1.77 bits per heavy atom. The lowest BCUT2D eigenvalue weighted by molar-refractivity contribution is -0.197. The second kappa shape index (κ2) is 11.9. The van der Waals surface area contributed by atoms with Crippen molar-refractivity contribution in [1.82, 2.24) is 0 Å². The maximum absolute atomic E-state index is 9.88. The number of allylic oxidation sites excluding steroid dienone is 1. The second-order valence-electron chi connectivity index (χ2n) is 5.99. The van der Waals surface area contributed by atoms with E-state index in [4.69, 9.17) is 9.47 Å². The average molecular weight is 316 g/mol. The molecule has 0 bridgehead atoms. The van der Waals surface area contributed by atoms with Crippen LogP contribution in [0.15, 0.2) is 12.3 Å². The van der Waals surface area contributed by atoms with Gasteiger partial charge in [-0.25, -0.2) is 0 Å². The minimum Gasteiger partial charge on any atom is -0.493 e. The SMILES string of the molecule is CCCCCCCCC/C=C/O[C@@H]1[C@@H](O)[C@H](O)CO[C@H]1CO. The quantitative estimate of drug-likeness (QED) is 0.402. The summed E-state index contributed by atoms with van der Waals surface area (Å²) < 4.78 is 10.7. The Balaban J connectivity index is 2.13. The minimum atomic E-state index is -1.03. The maximum atomic E-state index is 9.88. The van der Waals surface area contributed by atoms with Crippen LogP contribution in [-0.4, -0.2) is 52.9 Å². The van der Waals surface area contributed by atoms with Crippen LogP contribution in [0.5, 0.6) is 0 Å². The highest BCUT2D eigenvalue weighted by Gasteiger charge is 2.39. The molecule has 0 aliphatic carbocycles. The third-order valence-electron chi connectivity index (χ3n) is 4.06. The molecule has 3 N–H and O–H groups in total. The zero-order valence-corrected chi connectivity index (χ0v) is 13.7. The first-order chi connectivity index (χ1) is 10.7. The van der Waals surface area contributed by atoms with E-state index in [1.165, 1.54) is 38.5 Å². The molecule has 1 aliphatic rings. The van der Waals surface area contributed by atoms with Crippen LogP contribution >= 0.6 is 0 Å². The molecule has 1 aliphatic heterocycles. The van der Waals surface area contributed by atoms with Crippen LogP contribution in [0, 0.1) is 0 Å². The standard InChI is InChI=1S/C17H32O5/c1-2-3-4-5-6-7-8-9-10-11-21-17-15(12-18)22-13-14(19)16(17)20/h10-11,14-20H,2-9,12-13H2,1H3/b11-10+/t14-,15+,16+,17+/m1/s1. The third kappa shape index (κ3) is 7.09. The van der Waals surface area contributed by atoms with Gasteiger partial charge in [-0.1, -0.05) is 45.4 Å². The van der Waals surface area contributed by atoms with Crippen LogP contribution in [0.2, 0.25) is 0 Å². The molecule has 0 aromatic rings. The average Bonchev–Trinajstić information content (AvgIpc) is 2.53. The predicted molar refractivity (Wildman–Crippen MR) is 85.5 cm³/mol. The van der Waals surface area contributed by atoms with Gasteiger partial charge in [0.15, 0.2) is 6.10 Å². The number of hydrogen-bond donors (Lipinski definition) is 3. The fraction of sp³-hybridized carbons (Fsp3) is 0.882. The van der Waals surface area contributed by atoms with Crippen molar-refractivity contribution in [3.8, 4) is 0 Å². The summed E-state index contributed by atoms with van der Waals surface area (Å²) in [5, 5.41) is 28.6. The number of aliphatic hydroxyl groups excluding tert-OH is 3. The minimum absolute atomic E-state index is 0.0218. The maximum Gasteiger partial charge on any atom is 0.154 e. The van der Waals surface area contributed by atoms with E-state index in [-0.39, 0.29) is 13.2 Å². The molecular weight excluding hydrogens is 284 g/mol. The van der Waals surface area contributed by atoms with Gasteiger partial charge in [-0.3, -0.25) is 0 Å². The summed E-state index contributed by atoms with van der Waals surface area (Å²) in [5.74, 6) is 0. The molecule has 0 aromatic carbocycles. The molecule has 0 amide bonds. The van der Waals surface area contributed by atoms with Gasteiger partial charge in [-0.05, 0) is 18.9 Å². The van der Waals surface area contributed by atoms with E-state index >= 15 is 0 Å². The van der Waals surface area contributed by atoms with Crippen molar-refractivity contribution < 1.29 is 24.8 Å². The number of rotatable bonds is 11. The summed E-state index contributed by atoms with van der Waals surface area (Å²) in [6.45, 7) is 2.01. The summed E-state index contributed by atoms with van der Waals surface area (Å²) in [6, 6.07) is 0. The molecule has 0 saturated carbocycles. The molecule has 5 heteroatoms. The molecule has 0 unspecified atom stereocenters. The van der Waals surface area contributed by atoms with Gasteiger partial charge in [-0.2, -0.15) is 0 Å².